The molecule has 0 spiro atoms. The van der Waals surface area contributed by atoms with E-state index in [4.69, 9.17) is 15.3 Å². The van der Waals surface area contributed by atoms with Crippen LogP contribution in [0.1, 0.15) is 24.3 Å². The predicted octanol–water partition coefficient (Wildman–Crippen LogP) is 0.0729. The Kier molecular flexibility index (Phi) is 3.49. The molecule has 0 saturated carbocycles. The summed E-state index contributed by atoms with van der Waals surface area (Å²) >= 11 is 0. The first-order chi connectivity index (χ1) is 7.41. The third-order valence-corrected chi connectivity index (χ3v) is 1.91. The van der Waals surface area contributed by atoms with E-state index in [-0.39, 0.29) is 24.3 Å². The number of nitrogens with zero attached hydrogens (tertiary/aromatic N) is 2. The standard InChI is InChI=1S/C9H13N3O4/c1-5(2)12(3-7(10)13)9-11-6(4-16-9)8(14)15/h4-5H,3H2,1-2H3,(H2,10,13)(H,14,15). The average molecular weight is 227 g/mol. The summed E-state index contributed by atoms with van der Waals surface area (Å²) < 4.78 is 4.98. The van der Waals surface area contributed by atoms with Crippen molar-refractivity contribution in [1.82, 2.24) is 4.98 Å². The molecule has 88 valence electrons. The Bertz CT molecular complexity index is 399. The van der Waals surface area contributed by atoms with Crippen molar-refractivity contribution < 1.29 is 19.1 Å². The van der Waals surface area contributed by atoms with Gasteiger partial charge in [-0.2, -0.15) is 4.98 Å². The van der Waals surface area contributed by atoms with E-state index in [0.717, 1.165) is 6.26 Å². The van der Waals surface area contributed by atoms with Crippen molar-refractivity contribution in [2.75, 3.05) is 11.4 Å². The number of carboxylic acid groups (broad SMARTS) is 1. The van der Waals surface area contributed by atoms with Gasteiger partial charge < -0.3 is 20.2 Å². The molecule has 7 heteroatoms. The highest BCUT2D eigenvalue weighted by atomic mass is 16.4. The molecule has 0 aliphatic carbocycles. The molecule has 0 saturated heterocycles. The molecule has 16 heavy (non-hydrogen) atoms. The summed E-state index contributed by atoms with van der Waals surface area (Å²) in [5.41, 5.74) is 4.87. The molecule has 1 amide bonds. The largest absolute Gasteiger partial charge is 0.476 e. The van der Waals surface area contributed by atoms with Crippen LogP contribution in [-0.4, -0.2) is 34.6 Å². The molecule has 1 rings (SSSR count). The van der Waals surface area contributed by atoms with Crippen molar-refractivity contribution >= 4 is 17.9 Å². The van der Waals surface area contributed by atoms with Crippen molar-refractivity contribution in [3.05, 3.63) is 12.0 Å². The summed E-state index contributed by atoms with van der Waals surface area (Å²) in [6.07, 6.45) is 1.02. The fourth-order valence-electron chi connectivity index (χ4n) is 1.13. The van der Waals surface area contributed by atoms with Gasteiger partial charge in [-0.1, -0.05) is 0 Å². The first kappa shape index (κ1) is 12.0. The maximum atomic E-state index is 10.8. The molecule has 1 aromatic heterocycles. The first-order valence-electron chi connectivity index (χ1n) is 4.65. The smallest absolute Gasteiger partial charge is 0.357 e. The molecular weight excluding hydrogens is 214 g/mol. The third-order valence-electron chi connectivity index (χ3n) is 1.91. The molecule has 7 nitrogen and oxygen atoms in total. The number of aromatic nitrogens is 1. The van der Waals surface area contributed by atoms with Gasteiger partial charge in [0, 0.05) is 6.04 Å². The lowest BCUT2D eigenvalue weighted by Gasteiger charge is -2.22. The maximum Gasteiger partial charge on any atom is 0.357 e. The van der Waals surface area contributed by atoms with Gasteiger partial charge in [-0.3, -0.25) is 4.79 Å². The minimum Gasteiger partial charge on any atom is -0.476 e. The van der Waals surface area contributed by atoms with Crippen LogP contribution in [-0.2, 0) is 4.79 Å². The number of carbonyl (C=O) groups is 2. The molecule has 0 aromatic carbocycles. The number of primary amides is 1. The zero-order valence-corrected chi connectivity index (χ0v) is 9.01. The van der Waals surface area contributed by atoms with Crippen LogP contribution >= 0.6 is 0 Å². The Morgan fingerprint density at radius 1 is 1.62 bits per heavy atom. The van der Waals surface area contributed by atoms with Crippen LogP contribution in [0.5, 0.6) is 0 Å². The van der Waals surface area contributed by atoms with Gasteiger partial charge in [0.2, 0.25) is 5.91 Å². The second-order valence-corrected chi connectivity index (χ2v) is 3.51. The van der Waals surface area contributed by atoms with Crippen molar-refractivity contribution in [1.29, 1.82) is 0 Å². The highest BCUT2D eigenvalue weighted by molar-refractivity contribution is 5.85. The Morgan fingerprint density at radius 3 is 2.62 bits per heavy atom. The third kappa shape index (κ3) is 2.72. The van der Waals surface area contributed by atoms with Crippen molar-refractivity contribution in [3.8, 4) is 0 Å². The van der Waals surface area contributed by atoms with E-state index in [2.05, 4.69) is 4.98 Å². The number of amides is 1. The number of carbonyl (C=O) groups excluding carboxylic acids is 1. The Labute approximate surface area is 91.9 Å². The van der Waals surface area contributed by atoms with Crippen LogP contribution in [0.15, 0.2) is 10.7 Å². The zero-order chi connectivity index (χ0) is 12.3. The zero-order valence-electron chi connectivity index (χ0n) is 9.01. The minimum absolute atomic E-state index is 0.0722. The number of carboxylic acids is 1. The van der Waals surface area contributed by atoms with E-state index in [1.807, 2.05) is 13.8 Å². The van der Waals surface area contributed by atoms with E-state index in [1.165, 1.54) is 4.90 Å². The van der Waals surface area contributed by atoms with Crippen LogP contribution < -0.4 is 10.6 Å². The average Bonchev–Trinajstić information content (AvgIpc) is 2.61. The molecule has 1 heterocycles. The van der Waals surface area contributed by atoms with Gasteiger partial charge in [-0.05, 0) is 13.8 Å². The van der Waals surface area contributed by atoms with Gasteiger partial charge in [0.25, 0.3) is 6.01 Å². The first-order valence-corrected chi connectivity index (χ1v) is 4.65. The van der Waals surface area contributed by atoms with Crippen LogP contribution in [0.3, 0.4) is 0 Å². The molecule has 0 aliphatic heterocycles. The normalized spacial score (nSPS) is 10.4. The van der Waals surface area contributed by atoms with Crippen LogP contribution in [0.2, 0.25) is 0 Å². The van der Waals surface area contributed by atoms with E-state index >= 15 is 0 Å². The van der Waals surface area contributed by atoms with Gasteiger partial charge in [-0.15, -0.1) is 0 Å². The van der Waals surface area contributed by atoms with E-state index in [1.54, 1.807) is 0 Å². The van der Waals surface area contributed by atoms with Crippen LogP contribution in [0, 0.1) is 0 Å². The molecule has 0 fully saturated rings. The van der Waals surface area contributed by atoms with Crippen molar-refractivity contribution in [3.63, 3.8) is 0 Å². The van der Waals surface area contributed by atoms with Crippen LogP contribution in [0.4, 0.5) is 6.01 Å². The monoisotopic (exact) mass is 227 g/mol. The summed E-state index contributed by atoms with van der Waals surface area (Å²) in [6.45, 7) is 3.55. The molecule has 3 N–H and O–H groups in total. The fourth-order valence-corrected chi connectivity index (χ4v) is 1.13. The lowest BCUT2D eigenvalue weighted by molar-refractivity contribution is -0.116. The van der Waals surface area contributed by atoms with Gasteiger partial charge in [0.1, 0.15) is 12.8 Å². The summed E-state index contributed by atoms with van der Waals surface area (Å²) in [7, 11) is 0. The predicted molar refractivity (Wildman–Crippen MR) is 55.1 cm³/mol. The second-order valence-electron chi connectivity index (χ2n) is 3.51. The fraction of sp³-hybridized carbons (Fsp3) is 0.444. The number of anilines is 1. The molecule has 0 unspecified atom stereocenters. The van der Waals surface area contributed by atoms with Crippen LogP contribution in [0.25, 0.3) is 0 Å². The summed E-state index contributed by atoms with van der Waals surface area (Å²) in [5.74, 6) is -1.72. The second kappa shape index (κ2) is 4.65. The Hall–Kier alpha value is -2.05. The van der Waals surface area contributed by atoms with E-state index in [0.29, 0.717) is 0 Å². The summed E-state index contributed by atoms with van der Waals surface area (Å²) in [4.78, 5) is 26.6. The van der Waals surface area contributed by atoms with Gasteiger partial charge >= 0.3 is 5.97 Å². The topological polar surface area (TPSA) is 110 Å². The van der Waals surface area contributed by atoms with Gasteiger partial charge in [0.15, 0.2) is 5.69 Å². The maximum absolute atomic E-state index is 10.8. The SMILES string of the molecule is CC(C)N(CC(N)=O)c1nc(C(=O)O)co1. The Balaban J connectivity index is 2.92. The quantitative estimate of drug-likeness (QED) is 0.736. The molecule has 0 aliphatic rings. The number of nitrogens with two attached hydrogens (primary N) is 1. The Morgan fingerprint density at radius 2 is 2.25 bits per heavy atom. The van der Waals surface area contributed by atoms with Gasteiger partial charge in [0.05, 0.1) is 0 Å². The summed E-state index contributed by atoms with van der Waals surface area (Å²) in [5, 5.41) is 8.67. The number of hydrogen-bond donors (Lipinski definition) is 2. The highest BCUT2D eigenvalue weighted by Gasteiger charge is 2.20. The van der Waals surface area contributed by atoms with Crippen molar-refractivity contribution in [2.24, 2.45) is 5.73 Å². The highest BCUT2D eigenvalue weighted by Crippen LogP contribution is 2.15. The lowest BCUT2D eigenvalue weighted by Crippen LogP contribution is -2.38. The number of oxazole rings is 1. The summed E-state index contributed by atoms with van der Waals surface area (Å²) in [6, 6.07) is -0.000931. The molecule has 0 atom stereocenters. The molecular formula is C9H13N3O4. The van der Waals surface area contributed by atoms with Crippen molar-refractivity contribution in [2.45, 2.75) is 19.9 Å². The lowest BCUT2D eigenvalue weighted by atomic mass is 10.3. The number of hydrogen-bond acceptors (Lipinski definition) is 5. The van der Waals surface area contributed by atoms with E-state index in [9.17, 15) is 9.59 Å². The molecule has 0 radical (unpaired) electrons. The van der Waals surface area contributed by atoms with Gasteiger partial charge in [-0.25, -0.2) is 4.79 Å². The minimum atomic E-state index is -1.18. The number of aromatic carboxylic acids is 1. The number of rotatable bonds is 5. The molecule has 1 aromatic rings. The molecule has 0 bridgehead atoms. The van der Waals surface area contributed by atoms with E-state index < -0.39 is 11.9 Å².